The summed E-state index contributed by atoms with van der Waals surface area (Å²) < 4.78 is 4.13. The number of ether oxygens (including phenoxy) is 1. The van der Waals surface area contributed by atoms with Crippen LogP contribution in [0.3, 0.4) is 0 Å². The molecule has 0 aromatic carbocycles. The molecule has 0 radical (unpaired) electrons. The molecule has 3 rings (SSSR count). The lowest BCUT2D eigenvalue weighted by molar-refractivity contribution is -0.120. The highest BCUT2D eigenvalue weighted by Crippen LogP contribution is 2.34. The monoisotopic (exact) mass is 345 g/mol. The largest absolute Gasteiger partial charge is 0.394 e. The lowest BCUT2D eigenvalue weighted by Gasteiger charge is -2.30. The molecule has 3 aliphatic heterocycles. The Morgan fingerprint density at radius 2 is 2.45 bits per heavy atom. The highest BCUT2D eigenvalue weighted by molar-refractivity contribution is 9.10. The first kappa shape index (κ1) is 13.6. The number of aliphatic hydroxyl groups is 2. The van der Waals surface area contributed by atoms with Crippen molar-refractivity contribution in [1.82, 2.24) is 10.2 Å². The summed E-state index contributed by atoms with van der Waals surface area (Å²) in [5.74, 6) is -0.585. The number of nitrogens with one attached hydrogen (secondary N) is 2. The molecular formula is C10H12BrN5O4. The maximum Gasteiger partial charge on any atom is 0.273 e. The number of carbonyl (C=O) groups excluding carboxylic acids is 1. The van der Waals surface area contributed by atoms with Gasteiger partial charge < -0.3 is 14.9 Å². The number of hydrogen-bond donors (Lipinski definition) is 4. The van der Waals surface area contributed by atoms with E-state index in [1.807, 2.05) is 0 Å². The second-order valence-electron chi connectivity index (χ2n) is 4.63. The molecule has 3 aliphatic rings. The fourth-order valence-electron chi connectivity index (χ4n) is 2.30. The highest BCUT2D eigenvalue weighted by atomic mass is 79.9. The van der Waals surface area contributed by atoms with Crippen LogP contribution in [0.25, 0.3) is 0 Å². The van der Waals surface area contributed by atoms with E-state index in [-0.39, 0.29) is 24.8 Å². The van der Waals surface area contributed by atoms with Crippen molar-refractivity contribution in [2.24, 2.45) is 9.98 Å². The van der Waals surface area contributed by atoms with Crippen molar-refractivity contribution in [2.45, 2.75) is 29.3 Å². The Morgan fingerprint density at radius 3 is 3.10 bits per heavy atom. The van der Waals surface area contributed by atoms with Crippen molar-refractivity contribution < 1.29 is 19.7 Å². The van der Waals surface area contributed by atoms with Crippen molar-refractivity contribution in [2.75, 3.05) is 6.61 Å². The zero-order valence-electron chi connectivity index (χ0n) is 10.2. The van der Waals surface area contributed by atoms with E-state index in [1.54, 1.807) is 0 Å². The van der Waals surface area contributed by atoms with Gasteiger partial charge in [-0.1, -0.05) is 0 Å². The van der Waals surface area contributed by atoms with Crippen LogP contribution in [0.1, 0.15) is 6.42 Å². The molecule has 0 aromatic heterocycles. The van der Waals surface area contributed by atoms with Gasteiger partial charge in [0.2, 0.25) is 5.96 Å². The van der Waals surface area contributed by atoms with E-state index in [9.17, 15) is 9.90 Å². The summed E-state index contributed by atoms with van der Waals surface area (Å²) in [4.78, 5) is 21.4. The summed E-state index contributed by atoms with van der Waals surface area (Å²) >= 11 is 3.20. The Morgan fingerprint density at radius 1 is 1.70 bits per heavy atom. The molecule has 0 aromatic rings. The Labute approximate surface area is 122 Å². The van der Waals surface area contributed by atoms with E-state index in [0.29, 0.717) is 0 Å². The first-order valence-electron chi connectivity index (χ1n) is 5.92. The molecule has 0 saturated carbocycles. The van der Waals surface area contributed by atoms with Crippen LogP contribution in [0.4, 0.5) is 0 Å². The summed E-state index contributed by atoms with van der Waals surface area (Å²) in [6.07, 6.45) is -0.461. The van der Waals surface area contributed by atoms with Crippen LogP contribution in [0, 0.1) is 5.41 Å². The van der Waals surface area contributed by atoms with Crippen LogP contribution in [-0.2, 0) is 9.53 Å². The van der Waals surface area contributed by atoms with Crippen molar-refractivity contribution in [3.8, 4) is 0 Å². The SMILES string of the molecule is N=C1N=C2N([C@H]3C[C@H](O)[C@@H](CO)O3)C=NC2(Br)C(=O)N1. The maximum absolute atomic E-state index is 11.9. The molecule has 10 heteroatoms. The van der Waals surface area contributed by atoms with Gasteiger partial charge in [-0.15, -0.1) is 0 Å². The van der Waals surface area contributed by atoms with E-state index in [1.165, 1.54) is 11.2 Å². The van der Waals surface area contributed by atoms with Gasteiger partial charge in [0, 0.05) is 6.42 Å². The molecule has 20 heavy (non-hydrogen) atoms. The van der Waals surface area contributed by atoms with Crippen LogP contribution >= 0.6 is 15.9 Å². The number of rotatable bonds is 2. The zero-order valence-corrected chi connectivity index (χ0v) is 11.7. The number of guanidine groups is 1. The van der Waals surface area contributed by atoms with Crippen molar-refractivity contribution in [3.05, 3.63) is 0 Å². The smallest absolute Gasteiger partial charge is 0.273 e. The van der Waals surface area contributed by atoms with E-state index in [2.05, 4.69) is 31.2 Å². The zero-order chi connectivity index (χ0) is 14.5. The van der Waals surface area contributed by atoms with Crippen molar-refractivity contribution in [1.29, 1.82) is 5.41 Å². The molecule has 1 saturated heterocycles. The van der Waals surface area contributed by atoms with Gasteiger partial charge in [-0.3, -0.25) is 20.4 Å². The van der Waals surface area contributed by atoms with Gasteiger partial charge in [0.25, 0.3) is 10.4 Å². The van der Waals surface area contributed by atoms with Gasteiger partial charge >= 0.3 is 0 Å². The number of nitrogens with zero attached hydrogens (tertiary/aromatic N) is 3. The molecule has 3 heterocycles. The maximum atomic E-state index is 11.9. The fraction of sp³-hybridized carbons (Fsp3) is 0.600. The van der Waals surface area contributed by atoms with Gasteiger partial charge in [-0.2, -0.15) is 4.99 Å². The van der Waals surface area contributed by atoms with Crippen LogP contribution < -0.4 is 5.32 Å². The van der Waals surface area contributed by atoms with Gasteiger partial charge in [0.1, 0.15) is 12.3 Å². The van der Waals surface area contributed by atoms with Crippen LogP contribution in [0.2, 0.25) is 0 Å². The first-order valence-corrected chi connectivity index (χ1v) is 6.71. The average Bonchev–Trinajstić information content (AvgIpc) is 2.91. The molecule has 0 bridgehead atoms. The minimum absolute atomic E-state index is 0.210. The summed E-state index contributed by atoms with van der Waals surface area (Å²) in [5, 5.41) is 28.6. The predicted molar refractivity (Wildman–Crippen MR) is 71.7 cm³/mol. The Balaban J connectivity index is 1.88. The summed E-state index contributed by atoms with van der Waals surface area (Å²) in [5.41, 5.74) is 0. The molecule has 4 N–H and O–H groups in total. The average molecular weight is 346 g/mol. The summed E-state index contributed by atoms with van der Waals surface area (Å²) in [6.45, 7) is -0.301. The van der Waals surface area contributed by atoms with Crippen LogP contribution in [-0.4, -0.2) is 68.6 Å². The minimum atomic E-state index is -1.37. The summed E-state index contributed by atoms with van der Waals surface area (Å²) in [7, 11) is 0. The number of amidine groups is 1. The second-order valence-corrected chi connectivity index (χ2v) is 5.77. The Hall–Kier alpha value is -1.36. The molecule has 4 atom stereocenters. The van der Waals surface area contributed by atoms with Crippen molar-refractivity contribution in [3.63, 3.8) is 0 Å². The highest BCUT2D eigenvalue weighted by Gasteiger charge is 2.53. The van der Waals surface area contributed by atoms with Gasteiger partial charge in [0.15, 0.2) is 5.84 Å². The topological polar surface area (TPSA) is 131 Å². The standard InChI is InChI=1S/C10H12BrN5O4/c11-10-7(14-9(12)15-8(10)19)16(3-13-10)6-1-4(18)5(2-17)20-6/h3-6,17-18H,1-2H2,(H2,12,15,19)/t4-,5+,6+,10?/m0/s1. The number of amides is 1. The normalized spacial score (nSPS) is 39.9. The summed E-state index contributed by atoms with van der Waals surface area (Å²) in [6, 6.07) is 0. The minimum Gasteiger partial charge on any atom is -0.394 e. The van der Waals surface area contributed by atoms with Gasteiger partial charge in [0.05, 0.1) is 19.0 Å². The molecule has 1 unspecified atom stereocenters. The lowest BCUT2D eigenvalue weighted by atomic mass is 10.1. The molecule has 0 aliphatic carbocycles. The molecule has 1 amide bonds. The lowest BCUT2D eigenvalue weighted by Crippen LogP contribution is -2.56. The number of hydrogen-bond acceptors (Lipinski definition) is 7. The van der Waals surface area contributed by atoms with Crippen LogP contribution in [0.5, 0.6) is 0 Å². The number of alkyl halides is 1. The van der Waals surface area contributed by atoms with Gasteiger partial charge in [-0.25, -0.2) is 4.99 Å². The second kappa shape index (κ2) is 4.58. The number of fused-ring (bicyclic) bond motifs is 1. The van der Waals surface area contributed by atoms with E-state index in [4.69, 9.17) is 15.3 Å². The number of carbonyl (C=O) groups is 1. The quantitative estimate of drug-likeness (QED) is 0.352. The molecule has 108 valence electrons. The fourth-order valence-corrected chi connectivity index (χ4v) is 2.79. The Bertz CT molecular complexity index is 538. The first-order chi connectivity index (χ1) is 9.45. The van der Waals surface area contributed by atoms with E-state index in [0.717, 1.165) is 0 Å². The van der Waals surface area contributed by atoms with Gasteiger partial charge in [-0.05, 0) is 15.9 Å². The third-order valence-corrected chi connectivity index (χ3v) is 4.27. The third-order valence-electron chi connectivity index (χ3n) is 3.35. The van der Waals surface area contributed by atoms with Crippen LogP contribution in [0.15, 0.2) is 9.98 Å². The predicted octanol–water partition coefficient (Wildman–Crippen LogP) is -1.65. The van der Waals surface area contributed by atoms with E-state index >= 15 is 0 Å². The number of aliphatic hydroxyl groups excluding tert-OH is 2. The number of aliphatic imine (C=N–C) groups is 2. The molecular weight excluding hydrogens is 334 g/mol. The number of halogens is 1. The molecule has 1 fully saturated rings. The Kier molecular flexibility index (Phi) is 3.12. The van der Waals surface area contributed by atoms with Crippen molar-refractivity contribution >= 4 is 40.0 Å². The molecule has 0 spiro atoms. The third kappa shape index (κ3) is 1.87. The van der Waals surface area contributed by atoms with E-state index < -0.39 is 28.8 Å². The molecule has 9 nitrogen and oxygen atoms in total.